The Bertz CT molecular complexity index is 379. The molecule has 19 heavy (non-hydrogen) atoms. The number of anilines is 1. The zero-order chi connectivity index (χ0) is 13.7. The van der Waals surface area contributed by atoms with Crippen molar-refractivity contribution in [3.8, 4) is 0 Å². The average molecular weight is 283 g/mol. The van der Waals surface area contributed by atoms with Crippen LogP contribution in [0, 0.1) is 0 Å². The third kappa shape index (κ3) is 4.44. The Kier molecular flexibility index (Phi) is 5.60. The summed E-state index contributed by atoms with van der Waals surface area (Å²) < 4.78 is 5.21. The molecule has 108 valence electrons. The van der Waals surface area contributed by atoms with Gasteiger partial charge in [-0.1, -0.05) is 6.92 Å². The van der Waals surface area contributed by atoms with Crippen LogP contribution >= 0.6 is 11.3 Å². The minimum Gasteiger partial charge on any atom is -0.383 e. The molecule has 0 bridgehead atoms. The lowest BCUT2D eigenvalue weighted by Crippen LogP contribution is -2.35. The van der Waals surface area contributed by atoms with Gasteiger partial charge in [-0.2, -0.15) is 0 Å². The molecular formula is C14H25N3OS. The standard InChI is InChI=1S/C14H25N3OS/c1-4-11(2)17(7-8-18-3)14-16-13(10-19-14)9-15-12-5-6-12/h10-12,15H,4-9H2,1-3H3. The lowest BCUT2D eigenvalue weighted by Gasteiger charge is -2.27. The highest BCUT2D eigenvalue weighted by molar-refractivity contribution is 7.13. The third-order valence-electron chi connectivity index (χ3n) is 3.59. The quantitative estimate of drug-likeness (QED) is 0.756. The maximum Gasteiger partial charge on any atom is 0.185 e. The first-order chi connectivity index (χ1) is 9.24. The lowest BCUT2D eigenvalue weighted by atomic mass is 10.2. The second-order valence-corrected chi connectivity index (χ2v) is 6.06. The summed E-state index contributed by atoms with van der Waals surface area (Å²) in [4.78, 5) is 7.11. The molecule has 0 amide bonds. The van der Waals surface area contributed by atoms with Crippen LogP contribution < -0.4 is 10.2 Å². The molecule has 1 atom stereocenters. The van der Waals surface area contributed by atoms with Crippen LogP contribution in [-0.4, -0.2) is 37.3 Å². The van der Waals surface area contributed by atoms with Gasteiger partial charge < -0.3 is 15.0 Å². The minimum atomic E-state index is 0.505. The van der Waals surface area contributed by atoms with Crippen LogP contribution in [0.15, 0.2) is 5.38 Å². The molecule has 0 radical (unpaired) electrons. The number of aromatic nitrogens is 1. The molecule has 1 heterocycles. The van der Waals surface area contributed by atoms with Gasteiger partial charge in [0.05, 0.1) is 12.3 Å². The summed E-state index contributed by atoms with van der Waals surface area (Å²) in [6.07, 6.45) is 3.77. The van der Waals surface area contributed by atoms with Crippen LogP contribution in [0.5, 0.6) is 0 Å². The van der Waals surface area contributed by atoms with E-state index in [0.717, 1.165) is 43.0 Å². The van der Waals surface area contributed by atoms with E-state index >= 15 is 0 Å². The number of ether oxygens (including phenoxy) is 1. The van der Waals surface area contributed by atoms with E-state index in [-0.39, 0.29) is 0 Å². The van der Waals surface area contributed by atoms with Gasteiger partial charge in [-0.3, -0.25) is 0 Å². The number of hydrogen-bond donors (Lipinski definition) is 1. The van der Waals surface area contributed by atoms with Crippen molar-refractivity contribution in [2.24, 2.45) is 0 Å². The predicted octanol–water partition coefficient (Wildman–Crippen LogP) is 2.65. The zero-order valence-electron chi connectivity index (χ0n) is 12.2. The first-order valence-corrected chi connectivity index (χ1v) is 8.06. The van der Waals surface area contributed by atoms with Crippen molar-refractivity contribution in [2.45, 2.75) is 51.7 Å². The molecule has 4 nitrogen and oxygen atoms in total. The maximum absolute atomic E-state index is 5.21. The Balaban J connectivity index is 1.94. The third-order valence-corrected chi connectivity index (χ3v) is 4.52. The number of hydrogen-bond acceptors (Lipinski definition) is 5. The van der Waals surface area contributed by atoms with Crippen molar-refractivity contribution < 1.29 is 4.74 Å². The fourth-order valence-electron chi connectivity index (χ4n) is 1.96. The van der Waals surface area contributed by atoms with Crippen LogP contribution in [0.4, 0.5) is 5.13 Å². The monoisotopic (exact) mass is 283 g/mol. The van der Waals surface area contributed by atoms with Gasteiger partial charge in [-0.15, -0.1) is 11.3 Å². The van der Waals surface area contributed by atoms with Gasteiger partial charge in [0.2, 0.25) is 0 Å². The van der Waals surface area contributed by atoms with Gasteiger partial charge >= 0.3 is 0 Å². The number of rotatable bonds is 9. The van der Waals surface area contributed by atoms with Crippen LogP contribution in [0.1, 0.15) is 38.8 Å². The van der Waals surface area contributed by atoms with Gasteiger partial charge in [0.25, 0.3) is 0 Å². The second kappa shape index (κ2) is 7.22. The van der Waals surface area contributed by atoms with Gasteiger partial charge in [0, 0.05) is 37.7 Å². The Morgan fingerprint density at radius 1 is 1.58 bits per heavy atom. The predicted molar refractivity (Wildman–Crippen MR) is 81.0 cm³/mol. The van der Waals surface area contributed by atoms with Gasteiger partial charge in [-0.05, 0) is 26.2 Å². The molecule has 1 aromatic heterocycles. The molecule has 1 saturated carbocycles. The van der Waals surface area contributed by atoms with E-state index in [1.807, 2.05) is 0 Å². The Morgan fingerprint density at radius 2 is 2.37 bits per heavy atom. The Labute approximate surface area is 120 Å². The maximum atomic E-state index is 5.21. The number of thiazole rings is 1. The average Bonchev–Trinajstić information content (AvgIpc) is 3.15. The number of nitrogens with zero attached hydrogens (tertiary/aromatic N) is 2. The van der Waals surface area contributed by atoms with E-state index < -0.39 is 0 Å². The van der Waals surface area contributed by atoms with Crippen LogP contribution in [0.25, 0.3) is 0 Å². The molecular weight excluding hydrogens is 258 g/mol. The van der Waals surface area contributed by atoms with Crippen LogP contribution in [0.3, 0.4) is 0 Å². The highest BCUT2D eigenvalue weighted by atomic mass is 32.1. The normalized spacial score (nSPS) is 16.6. The van der Waals surface area contributed by atoms with E-state index in [0.29, 0.717) is 6.04 Å². The Hall–Kier alpha value is -0.650. The van der Waals surface area contributed by atoms with Gasteiger partial charge in [0.1, 0.15) is 0 Å². The molecule has 1 unspecified atom stereocenters. The fraction of sp³-hybridized carbons (Fsp3) is 0.786. The van der Waals surface area contributed by atoms with Crippen LogP contribution in [-0.2, 0) is 11.3 Å². The lowest BCUT2D eigenvalue weighted by molar-refractivity contribution is 0.203. The van der Waals surface area contributed by atoms with Crippen molar-refractivity contribution in [3.05, 3.63) is 11.1 Å². The molecule has 1 N–H and O–H groups in total. The van der Waals surface area contributed by atoms with Crippen molar-refractivity contribution in [1.82, 2.24) is 10.3 Å². The highest BCUT2D eigenvalue weighted by Gasteiger charge is 2.21. The summed E-state index contributed by atoms with van der Waals surface area (Å²) >= 11 is 1.74. The zero-order valence-corrected chi connectivity index (χ0v) is 13.0. The summed E-state index contributed by atoms with van der Waals surface area (Å²) in [5, 5.41) is 6.81. The minimum absolute atomic E-state index is 0.505. The molecule has 1 fully saturated rings. The van der Waals surface area contributed by atoms with Gasteiger partial charge in [-0.25, -0.2) is 4.98 Å². The molecule has 5 heteroatoms. The first kappa shape index (κ1) is 14.8. The van der Waals surface area contributed by atoms with E-state index in [2.05, 4.69) is 29.4 Å². The number of methoxy groups -OCH3 is 1. The molecule has 0 aromatic carbocycles. The summed E-state index contributed by atoms with van der Waals surface area (Å²) in [6, 6.07) is 1.25. The smallest absolute Gasteiger partial charge is 0.185 e. The Morgan fingerprint density at radius 3 is 3.00 bits per heavy atom. The summed E-state index contributed by atoms with van der Waals surface area (Å²) in [5.41, 5.74) is 1.16. The van der Waals surface area contributed by atoms with E-state index in [4.69, 9.17) is 9.72 Å². The fourth-order valence-corrected chi connectivity index (χ4v) is 2.91. The van der Waals surface area contributed by atoms with Crippen molar-refractivity contribution in [2.75, 3.05) is 25.2 Å². The first-order valence-electron chi connectivity index (χ1n) is 7.18. The molecule has 2 rings (SSSR count). The van der Waals surface area contributed by atoms with E-state index in [1.54, 1.807) is 18.4 Å². The van der Waals surface area contributed by atoms with Gasteiger partial charge in [0.15, 0.2) is 5.13 Å². The van der Waals surface area contributed by atoms with Crippen molar-refractivity contribution in [1.29, 1.82) is 0 Å². The van der Waals surface area contributed by atoms with E-state index in [9.17, 15) is 0 Å². The molecule has 0 spiro atoms. The SMILES string of the molecule is CCC(C)N(CCOC)c1nc(CNC2CC2)cs1. The van der Waals surface area contributed by atoms with Crippen LogP contribution in [0.2, 0.25) is 0 Å². The summed E-state index contributed by atoms with van der Waals surface area (Å²) in [6.45, 7) is 7.03. The molecule has 1 aromatic rings. The van der Waals surface area contributed by atoms with Crippen molar-refractivity contribution >= 4 is 16.5 Å². The number of nitrogens with one attached hydrogen (secondary N) is 1. The second-order valence-electron chi connectivity index (χ2n) is 5.22. The summed E-state index contributed by atoms with van der Waals surface area (Å²) in [5.74, 6) is 0. The summed E-state index contributed by atoms with van der Waals surface area (Å²) in [7, 11) is 1.75. The molecule has 1 aliphatic rings. The highest BCUT2D eigenvalue weighted by Crippen LogP contribution is 2.24. The largest absolute Gasteiger partial charge is 0.383 e. The molecule has 0 saturated heterocycles. The van der Waals surface area contributed by atoms with Crippen molar-refractivity contribution in [3.63, 3.8) is 0 Å². The topological polar surface area (TPSA) is 37.4 Å². The van der Waals surface area contributed by atoms with E-state index in [1.165, 1.54) is 12.8 Å². The molecule has 1 aliphatic carbocycles. The molecule has 0 aliphatic heterocycles.